The standard InChI is InChI=1S/C27H37N5O4/c1-4-36-26(35)32-17-11-19(12-18-32)29-25(34)27(13-15-28-16-14-27)30-24(33)22-9-10-23(31(2)3)21-8-6-5-7-20(21)22/h5-10,19,28H,4,11-18H2,1-3H3,(H,29,34)(H,30,33). The molecule has 0 aromatic heterocycles. The number of anilines is 1. The molecule has 3 N–H and O–H groups in total. The van der Waals surface area contributed by atoms with E-state index in [0.29, 0.717) is 64.0 Å². The van der Waals surface area contributed by atoms with Gasteiger partial charge in [-0.15, -0.1) is 0 Å². The molecule has 2 saturated heterocycles. The van der Waals surface area contributed by atoms with Crippen molar-refractivity contribution in [2.24, 2.45) is 0 Å². The number of nitrogens with one attached hydrogen (secondary N) is 3. The number of benzene rings is 2. The van der Waals surface area contributed by atoms with Crippen molar-refractivity contribution in [2.45, 2.75) is 44.2 Å². The second kappa shape index (κ2) is 11.2. The summed E-state index contributed by atoms with van der Waals surface area (Å²) in [6, 6.07) is 11.6. The van der Waals surface area contributed by atoms with Gasteiger partial charge < -0.3 is 30.5 Å². The SMILES string of the molecule is CCOC(=O)N1CCC(NC(=O)C2(NC(=O)c3ccc(N(C)C)c4ccccc34)CCNCC2)CC1. The number of rotatable bonds is 6. The summed E-state index contributed by atoms with van der Waals surface area (Å²) in [4.78, 5) is 42.9. The van der Waals surface area contributed by atoms with Gasteiger partial charge in [-0.25, -0.2) is 4.79 Å². The van der Waals surface area contributed by atoms with Gasteiger partial charge in [0.05, 0.1) is 6.61 Å². The highest BCUT2D eigenvalue weighted by Crippen LogP contribution is 2.29. The molecule has 36 heavy (non-hydrogen) atoms. The lowest BCUT2D eigenvalue weighted by Gasteiger charge is -2.39. The fourth-order valence-electron chi connectivity index (χ4n) is 5.16. The molecule has 0 spiro atoms. The van der Waals surface area contributed by atoms with Crippen molar-refractivity contribution in [1.29, 1.82) is 0 Å². The van der Waals surface area contributed by atoms with Crippen molar-refractivity contribution in [1.82, 2.24) is 20.9 Å². The van der Waals surface area contributed by atoms with Gasteiger partial charge in [-0.2, -0.15) is 0 Å². The van der Waals surface area contributed by atoms with E-state index < -0.39 is 5.54 Å². The Morgan fingerprint density at radius 2 is 1.72 bits per heavy atom. The minimum absolute atomic E-state index is 0.0490. The molecule has 2 heterocycles. The molecule has 0 bridgehead atoms. The van der Waals surface area contributed by atoms with Gasteiger partial charge in [-0.3, -0.25) is 9.59 Å². The predicted molar refractivity (Wildman–Crippen MR) is 140 cm³/mol. The monoisotopic (exact) mass is 495 g/mol. The van der Waals surface area contributed by atoms with Gasteiger partial charge in [0.1, 0.15) is 5.54 Å². The molecule has 0 radical (unpaired) electrons. The molecule has 2 aromatic carbocycles. The Morgan fingerprint density at radius 1 is 1.06 bits per heavy atom. The van der Waals surface area contributed by atoms with Gasteiger partial charge in [0.15, 0.2) is 0 Å². The van der Waals surface area contributed by atoms with E-state index in [-0.39, 0.29) is 23.9 Å². The Morgan fingerprint density at radius 3 is 2.36 bits per heavy atom. The van der Waals surface area contributed by atoms with E-state index in [1.54, 1.807) is 11.8 Å². The van der Waals surface area contributed by atoms with Crippen LogP contribution in [0.2, 0.25) is 0 Å². The van der Waals surface area contributed by atoms with E-state index in [2.05, 4.69) is 16.0 Å². The number of nitrogens with zero attached hydrogens (tertiary/aromatic N) is 2. The van der Waals surface area contributed by atoms with Crippen LogP contribution in [0.15, 0.2) is 36.4 Å². The summed E-state index contributed by atoms with van der Waals surface area (Å²) in [5.74, 6) is -0.396. The highest BCUT2D eigenvalue weighted by atomic mass is 16.6. The molecule has 2 aromatic rings. The molecule has 0 aliphatic carbocycles. The second-order valence-corrected chi connectivity index (χ2v) is 9.79. The number of amides is 3. The maximum Gasteiger partial charge on any atom is 0.409 e. The minimum atomic E-state index is -0.984. The lowest BCUT2D eigenvalue weighted by molar-refractivity contribution is -0.129. The lowest BCUT2D eigenvalue weighted by atomic mass is 9.86. The van der Waals surface area contributed by atoms with Crippen LogP contribution in [-0.4, -0.2) is 81.3 Å². The third-order valence-corrected chi connectivity index (χ3v) is 7.23. The van der Waals surface area contributed by atoms with Gasteiger partial charge >= 0.3 is 6.09 Å². The van der Waals surface area contributed by atoms with Crippen LogP contribution in [0.5, 0.6) is 0 Å². The highest BCUT2D eigenvalue weighted by molar-refractivity contribution is 6.11. The summed E-state index contributed by atoms with van der Waals surface area (Å²) in [7, 11) is 3.96. The van der Waals surface area contributed by atoms with Gasteiger partial charge in [-0.05, 0) is 63.2 Å². The molecule has 9 heteroatoms. The summed E-state index contributed by atoms with van der Waals surface area (Å²) in [5.41, 5.74) is 0.609. The first-order chi connectivity index (χ1) is 17.3. The van der Waals surface area contributed by atoms with Crippen LogP contribution in [0.25, 0.3) is 10.8 Å². The number of carbonyl (C=O) groups is 3. The molecule has 9 nitrogen and oxygen atoms in total. The highest BCUT2D eigenvalue weighted by Gasteiger charge is 2.42. The fraction of sp³-hybridized carbons (Fsp3) is 0.519. The average Bonchev–Trinajstić information content (AvgIpc) is 2.89. The molecule has 0 saturated carbocycles. The van der Waals surface area contributed by atoms with Crippen LogP contribution in [0.4, 0.5) is 10.5 Å². The zero-order chi connectivity index (χ0) is 25.7. The van der Waals surface area contributed by atoms with Gasteiger partial charge in [0.25, 0.3) is 5.91 Å². The Bertz CT molecular complexity index is 1100. The second-order valence-electron chi connectivity index (χ2n) is 9.79. The van der Waals surface area contributed by atoms with Crippen LogP contribution >= 0.6 is 0 Å². The number of hydrogen-bond acceptors (Lipinski definition) is 6. The van der Waals surface area contributed by atoms with E-state index in [0.717, 1.165) is 16.5 Å². The van der Waals surface area contributed by atoms with Crippen molar-refractivity contribution >= 4 is 34.4 Å². The first kappa shape index (κ1) is 25.8. The molecular weight excluding hydrogens is 458 g/mol. The quantitative estimate of drug-likeness (QED) is 0.569. The minimum Gasteiger partial charge on any atom is -0.450 e. The van der Waals surface area contributed by atoms with Crippen molar-refractivity contribution in [2.75, 3.05) is 51.8 Å². The first-order valence-electron chi connectivity index (χ1n) is 12.8. The smallest absolute Gasteiger partial charge is 0.409 e. The van der Waals surface area contributed by atoms with E-state index in [1.165, 1.54) is 0 Å². The third-order valence-electron chi connectivity index (χ3n) is 7.23. The zero-order valence-electron chi connectivity index (χ0n) is 21.4. The fourth-order valence-corrected chi connectivity index (χ4v) is 5.16. The molecule has 2 aliphatic rings. The van der Waals surface area contributed by atoms with Crippen LogP contribution in [-0.2, 0) is 9.53 Å². The first-order valence-corrected chi connectivity index (χ1v) is 12.8. The number of ether oxygens (including phenoxy) is 1. The Hall–Kier alpha value is -3.33. The molecule has 3 amide bonds. The maximum atomic E-state index is 13.6. The average molecular weight is 496 g/mol. The van der Waals surface area contributed by atoms with Crippen LogP contribution < -0.4 is 20.9 Å². The summed E-state index contributed by atoms with van der Waals surface area (Å²) in [6.45, 7) is 4.50. The van der Waals surface area contributed by atoms with Crippen LogP contribution in [0.1, 0.15) is 43.0 Å². The predicted octanol–water partition coefficient (Wildman–Crippen LogP) is 2.49. The normalized spacial score (nSPS) is 17.9. The van der Waals surface area contributed by atoms with E-state index in [9.17, 15) is 14.4 Å². The summed E-state index contributed by atoms with van der Waals surface area (Å²) < 4.78 is 5.09. The van der Waals surface area contributed by atoms with Crippen LogP contribution in [0, 0.1) is 0 Å². The molecule has 0 unspecified atom stereocenters. The Labute approximate surface area is 212 Å². The molecule has 2 fully saturated rings. The van der Waals surface area contributed by atoms with E-state index in [1.807, 2.05) is 55.4 Å². The van der Waals surface area contributed by atoms with Gasteiger partial charge in [-0.1, -0.05) is 24.3 Å². The van der Waals surface area contributed by atoms with E-state index >= 15 is 0 Å². The third kappa shape index (κ3) is 5.41. The van der Waals surface area contributed by atoms with Crippen molar-refractivity contribution in [3.05, 3.63) is 42.0 Å². The number of carbonyl (C=O) groups excluding carboxylic acids is 3. The zero-order valence-corrected chi connectivity index (χ0v) is 21.4. The molecule has 0 atom stereocenters. The van der Waals surface area contributed by atoms with Crippen LogP contribution in [0.3, 0.4) is 0 Å². The van der Waals surface area contributed by atoms with Crippen molar-refractivity contribution in [3.8, 4) is 0 Å². The summed E-state index contributed by atoms with van der Waals surface area (Å²) >= 11 is 0. The lowest BCUT2D eigenvalue weighted by Crippen LogP contribution is -2.64. The topological polar surface area (TPSA) is 103 Å². The van der Waals surface area contributed by atoms with Gasteiger partial charge in [0, 0.05) is 49.9 Å². The van der Waals surface area contributed by atoms with E-state index in [4.69, 9.17) is 4.74 Å². The summed E-state index contributed by atoms with van der Waals surface area (Å²) in [5, 5.41) is 11.5. The molecule has 4 rings (SSSR count). The van der Waals surface area contributed by atoms with Crippen molar-refractivity contribution < 1.29 is 19.1 Å². The number of likely N-dealkylation sites (tertiary alicyclic amines) is 1. The Kier molecular flexibility index (Phi) is 7.98. The maximum absolute atomic E-state index is 13.6. The molecular formula is C27H37N5O4. The number of hydrogen-bond donors (Lipinski definition) is 3. The van der Waals surface area contributed by atoms with Crippen molar-refractivity contribution in [3.63, 3.8) is 0 Å². The van der Waals surface area contributed by atoms with Gasteiger partial charge in [0.2, 0.25) is 5.91 Å². The largest absolute Gasteiger partial charge is 0.450 e. The molecule has 194 valence electrons. The summed E-state index contributed by atoms with van der Waals surface area (Å²) in [6.07, 6.45) is 2.03. The number of fused-ring (bicyclic) bond motifs is 1. The number of piperidine rings is 2. The molecule has 2 aliphatic heterocycles. The Balaban J connectivity index is 1.50.